The number of rotatable bonds is 2. The predicted molar refractivity (Wildman–Crippen MR) is 39.4 cm³/mol. The van der Waals surface area contributed by atoms with Gasteiger partial charge in [0.1, 0.15) is 0 Å². The molecule has 1 heterocycles. The molecule has 5 nitrogen and oxygen atoms in total. The second-order valence-corrected chi connectivity index (χ2v) is 2.03. The van der Waals surface area contributed by atoms with Gasteiger partial charge < -0.3 is 0 Å². The molecule has 1 rings (SSSR count). The van der Waals surface area contributed by atoms with E-state index in [0.717, 1.165) is 12.4 Å². The van der Waals surface area contributed by atoms with Crippen molar-refractivity contribution < 1.29 is 9.18 Å². The van der Waals surface area contributed by atoms with E-state index in [-0.39, 0.29) is 11.9 Å². The van der Waals surface area contributed by atoms with Gasteiger partial charge in [0.25, 0.3) is 0 Å². The zero-order chi connectivity index (χ0) is 8.97. The van der Waals surface area contributed by atoms with E-state index >= 15 is 0 Å². The molecule has 0 aliphatic heterocycles. The Bertz CT molecular complexity index is 273. The SMILES string of the molecule is CC(=O)NNc1ncc(F)cn1. The number of carbonyl (C=O) groups is 1. The molecule has 0 unspecified atom stereocenters. The van der Waals surface area contributed by atoms with Crippen LogP contribution in [0.2, 0.25) is 0 Å². The quantitative estimate of drug-likeness (QED) is 0.617. The number of aromatic nitrogens is 2. The Morgan fingerprint density at radius 1 is 1.50 bits per heavy atom. The summed E-state index contributed by atoms with van der Waals surface area (Å²) in [7, 11) is 0. The Morgan fingerprint density at radius 2 is 2.08 bits per heavy atom. The summed E-state index contributed by atoms with van der Waals surface area (Å²) in [5.41, 5.74) is 4.63. The maximum Gasteiger partial charge on any atom is 0.241 e. The molecule has 64 valence electrons. The second kappa shape index (κ2) is 3.61. The molecule has 0 spiro atoms. The molecule has 0 radical (unpaired) electrons. The molecule has 0 aliphatic rings. The summed E-state index contributed by atoms with van der Waals surface area (Å²) in [5, 5.41) is 0. The van der Waals surface area contributed by atoms with Gasteiger partial charge in [-0.3, -0.25) is 15.6 Å². The molecule has 6 heteroatoms. The van der Waals surface area contributed by atoms with Gasteiger partial charge in [0.15, 0.2) is 5.82 Å². The van der Waals surface area contributed by atoms with Crippen LogP contribution in [0.25, 0.3) is 0 Å². The maximum absolute atomic E-state index is 12.2. The van der Waals surface area contributed by atoms with Gasteiger partial charge in [0, 0.05) is 6.92 Å². The third kappa shape index (κ3) is 2.49. The van der Waals surface area contributed by atoms with E-state index in [1.165, 1.54) is 6.92 Å². The highest BCUT2D eigenvalue weighted by molar-refractivity contribution is 5.73. The third-order valence-electron chi connectivity index (χ3n) is 0.971. The van der Waals surface area contributed by atoms with Gasteiger partial charge >= 0.3 is 0 Å². The average molecular weight is 170 g/mol. The largest absolute Gasteiger partial charge is 0.274 e. The smallest absolute Gasteiger partial charge is 0.241 e. The van der Waals surface area contributed by atoms with Crippen LogP contribution in [0.5, 0.6) is 0 Å². The maximum atomic E-state index is 12.2. The fourth-order valence-electron chi connectivity index (χ4n) is 0.521. The van der Waals surface area contributed by atoms with E-state index in [1.807, 2.05) is 0 Å². The van der Waals surface area contributed by atoms with Gasteiger partial charge in [-0.05, 0) is 0 Å². The zero-order valence-electron chi connectivity index (χ0n) is 6.34. The van der Waals surface area contributed by atoms with Crippen molar-refractivity contribution in [2.75, 3.05) is 5.43 Å². The third-order valence-corrected chi connectivity index (χ3v) is 0.971. The molecular weight excluding hydrogens is 163 g/mol. The van der Waals surface area contributed by atoms with E-state index in [4.69, 9.17) is 0 Å². The number of hydrogen-bond acceptors (Lipinski definition) is 4. The van der Waals surface area contributed by atoms with Crippen molar-refractivity contribution in [1.82, 2.24) is 15.4 Å². The van der Waals surface area contributed by atoms with Crippen LogP contribution in [-0.4, -0.2) is 15.9 Å². The first-order valence-electron chi connectivity index (χ1n) is 3.18. The van der Waals surface area contributed by atoms with Crippen molar-refractivity contribution in [2.45, 2.75) is 6.92 Å². The average Bonchev–Trinajstić information content (AvgIpc) is 2.03. The van der Waals surface area contributed by atoms with Crippen LogP contribution in [0, 0.1) is 5.82 Å². The molecular formula is C6H7FN4O. The van der Waals surface area contributed by atoms with Crippen molar-refractivity contribution >= 4 is 11.9 Å². The Balaban J connectivity index is 2.53. The molecule has 0 aliphatic carbocycles. The Hall–Kier alpha value is -1.72. The standard InChI is InChI=1S/C6H7FN4O/c1-4(12)10-11-6-8-2-5(7)3-9-6/h2-3H,1H3,(H,10,12)(H,8,9,11). The highest BCUT2D eigenvalue weighted by atomic mass is 19.1. The normalized spacial score (nSPS) is 9.17. The molecule has 0 fully saturated rings. The minimum Gasteiger partial charge on any atom is -0.274 e. The lowest BCUT2D eigenvalue weighted by Gasteiger charge is -2.02. The highest BCUT2D eigenvalue weighted by Crippen LogP contribution is 1.95. The van der Waals surface area contributed by atoms with E-state index in [2.05, 4.69) is 20.8 Å². The van der Waals surface area contributed by atoms with Gasteiger partial charge in [-0.2, -0.15) is 0 Å². The molecule has 1 aromatic heterocycles. The fourth-order valence-corrected chi connectivity index (χ4v) is 0.521. The van der Waals surface area contributed by atoms with Crippen molar-refractivity contribution in [3.05, 3.63) is 18.2 Å². The molecule has 0 saturated carbocycles. The fraction of sp³-hybridized carbons (Fsp3) is 0.167. The number of hydrazine groups is 1. The number of amides is 1. The van der Waals surface area contributed by atoms with E-state index in [0.29, 0.717) is 0 Å². The number of nitrogens with one attached hydrogen (secondary N) is 2. The first-order valence-corrected chi connectivity index (χ1v) is 3.18. The molecule has 1 aromatic rings. The zero-order valence-corrected chi connectivity index (χ0v) is 6.34. The molecule has 0 atom stereocenters. The molecule has 0 aromatic carbocycles. The summed E-state index contributed by atoms with van der Waals surface area (Å²) in [4.78, 5) is 17.5. The summed E-state index contributed by atoms with van der Waals surface area (Å²) >= 11 is 0. The number of nitrogens with zero attached hydrogens (tertiary/aromatic N) is 2. The molecule has 1 amide bonds. The molecule has 0 bridgehead atoms. The van der Waals surface area contributed by atoms with Crippen LogP contribution < -0.4 is 10.9 Å². The van der Waals surface area contributed by atoms with Crippen LogP contribution in [-0.2, 0) is 4.79 Å². The number of hydrogen-bond donors (Lipinski definition) is 2. The van der Waals surface area contributed by atoms with Crippen molar-refractivity contribution in [3.8, 4) is 0 Å². The second-order valence-electron chi connectivity index (χ2n) is 2.03. The number of anilines is 1. The molecule has 2 N–H and O–H groups in total. The van der Waals surface area contributed by atoms with Gasteiger partial charge in [-0.25, -0.2) is 14.4 Å². The van der Waals surface area contributed by atoms with Crippen LogP contribution in [0.3, 0.4) is 0 Å². The minimum atomic E-state index is -0.525. The lowest BCUT2D eigenvalue weighted by molar-refractivity contribution is -0.118. The minimum absolute atomic E-state index is 0.145. The summed E-state index contributed by atoms with van der Waals surface area (Å²) in [6, 6.07) is 0. The lowest BCUT2D eigenvalue weighted by atomic mass is 10.6. The van der Waals surface area contributed by atoms with Crippen molar-refractivity contribution in [2.24, 2.45) is 0 Å². The Kier molecular flexibility index (Phi) is 2.52. The molecule has 0 saturated heterocycles. The highest BCUT2D eigenvalue weighted by Gasteiger charge is 1.95. The van der Waals surface area contributed by atoms with Crippen LogP contribution in [0.4, 0.5) is 10.3 Å². The topological polar surface area (TPSA) is 66.9 Å². The van der Waals surface area contributed by atoms with Crippen molar-refractivity contribution in [3.63, 3.8) is 0 Å². The lowest BCUT2D eigenvalue weighted by Crippen LogP contribution is -2.27. The first-order chi connectivity index (χ1) is 5.68. The van der Waals surface area contributed by atoms with E-state index in [1.54, 1.807) is 0 Å². The van der Waals surface area contributed by atoms with Gasteiger partial charge in [0.2, 0.25) is 11.9 Å². The van der Waals surface area contributed by atoms with Crippen LogP contribution >= 0.6 is 0 Å². The monoisotopic (exact) mass is 170 g/mol. The first kappa shape index (κ1) is 8.38. The molecule has 12 heavy (non-hydrogen) atoms. The van der Waals surface area contributed by atoms with Gasteiger partial charge in [-0.1, -0.05) is 0 Å². The summed E-state index contributed by atoms with van der Waals surface area (Å²) in [6.07, 6.45) is 1.99. The summed E-state index contributed by atoms with van der Waals surface area (Å²) in [6.45, 7) is 1.33. The van der Waals surface area contributed by atoms with Crippen LogP contribution in [0.15, 0.2) is 12.4 Å². The predicted octanol–water partition coefficient (Wildman–Crippen LogP) is 0.0787. The Morgan fingerprint density at radius 3 is 2.58 bits per heavy atom. The van der Waals surface area contributed by atoms with Gasteiger partial charge in [-0.15, -0.1) is 0 Å². The number of halogens is 1. The van der Waals surface area contributed by atoms with E-state index < -0.39 is 5.82 Å². The summed E-state index contributed by atoms with van der Waals surface area (Å²) in [5.74, 6) is -0.655. The van der Waals surface area contributed by atoms with Crippen molar-refractivity contribution in [1.29, 1.82) is 0 Å². The van der Waals surface area contributed by atoms with E-state index in [9.17, 15) is 9.18 Å². The van der Waals surface area contributed by atoms with Crippen LogP contribution in [0.1, 0.15) is 6.92 Å². The van der Waals surface area contributed by atoms with Gasteiger partial charge in [0.05, 0.1) is 12.4 Å². The summed E-state index contributed by atoms with van der Waals surface area (Å²) < 4.78 is 12.2. The number of carbonyl (C=O) groups excluding carboxylic acids is 1. The Labute approximate surface area is 68.0 Å².